The number of nitrogens with two attached hydrogens (primary N) is 1. The molecule has 0 aliphatic heterocycles. The number of anilines is 1. The van der Waals surface area contributed by atoms with E-state index in [1.165, 1.54) is 11.3 Å². The third-order valence-corrected chi connectivity index (χ3v) is 4.69. The van der Waals surface area contributed by atoms with Crippen molar-refractivity contribution in [2.45, 2.75) is 6.54 Å². The molecule has 148 valence electrons. The Bertz CT molecular complexity index is 1070. The topological polar surface area (TPSA) is 85.7 Å². The zero-order valence-electron chi connectivity index (χ0n) is 15.3. The number of aromatic nitrogens is 1. The number of hydrogen-bond donors (Lipinski definition) is 2. The van der Waals surface area contributed by atoms with Gasteiger partial charge in [-0.15, -0.1) is 35.3 Å². The molecule has 0 aliphatic carbocycles. The molecular weight excluding hydrogens is 499 g/mol. The van der Waals surface area contributed by atoms with Crippen molar-refractivity contribution >= 4 is 47.0 Å². The number of halogens is 1. The van der Waals surface area contributed by atoms with Crippen LogP contribution in [0.2, 0.25) is 0 Å². The van der Waals surface area contributed by atoms with Crippen LogP contribution >= 0.6 is 35.3 Å². The predicted octanol–water partition coefficient (Wildman–Crippen LogP) is 5.74. The molecule has 0 atom stereocenters. The van der Waals surface area contributed by atoms with Gasteiger partial charge in [0.05, 0.1) is 18.5 Å². The van der Waals surface area contributed by atoms with Gasteiger partial charge in [0, 0.05) is 17.1 Å². The number of aliphatic imine (C=N–C) groups is 1. The van der Waals surface area contributed by atoms with Crippen molar-refractivity contribution in [1.29, 1.82) is 0 Å². The first kappa shape index (κ1) is 20.9. The average Bonchev–Trinajstić information content (AvgIpc) is 3.39. The van der Waals surface area contributed by atoms with Gasteiger partial charge >= 0.3 is 0 Å². The minimum absolute atomic E-state index is 0. The summed E-state index contributed by atoms with van der Waals surface area (Å²) in [5, 5.41) is 5.85. The molecule has 0 spiro atoms. The molecule has 0 radical (unpaired) electrons. The second-order valence-corrected chi connectivity index (χ2v) is 6.75. The summed E-state index contributed by atoms with van der Waals surface area (Å²) in [6, 6.07) is 20.9. The normalized spacial score (nSPS) is 11.0. The second kappa shape index (κ2) is 10.1. The molecule has 3 N–H and O–H groups in total. The maximum absolute atomic E-state index is 6.01. The van der Waals surface area contributed by atoms with Crippen molar-refractivity contribution in [2.24, 2.45) is 10.7 Å². The minimum atomic E-state index is 0. The van der Waals surface area contributed by atoms with E-state index in [0.29, 0.717) is 18.3 Å². The van der Waals surface area contributed by atoms with Crippen LogP contribution in [0.25, 0.3) is 10.8 Å². The van der Waals surface area contributed by atoms with Crippen LogP contribution in [-0.2, 0) is 6.54 Å². The number of benzene rings is 2. The summed E-state index contributed by atoms with van der Waals surface area (Å²) >= 11 is 1.51. The van der Waals surface area contributed by atoms with Crippen molar-refractivity contribution in [1.82, 2.24) is 4.98 Å². The Morgan fingerprint density at radius 3 is 2.69 bits per heavy atom. The van der Waals surface area contributed by atoms with E-state index in [1.807, 2.05) is 72.1 Å². The van der Waals surface area contributed by atoms with Crippen LogP contribution in [-0.4, -0.2) is 10.9 Å². The number of rotatable bonds is 6. The van der Waals surface area contributed by atoms with Crippen molar-refractivity contribution in [3.63, 3.8) is 0 Å². The highest BCUT2D eigenvalue weighted by Crippen LogP contribution is 2.25. The molecule has 2 aromatic heterocycles. The van der Waals surface area contributed by atoms with Crippen LogP contribution < -0.4 is 15.8 Å². The summed E-state index contributed by atoms with van der Waals surface area (Å²) < 4.78 is 11.2. The number of para-hydroxylation sites is 1. The highest BCUT2D eigenvalue weighted by atomic mass is 127. The number of guanidine groups is 1. The van der Waals surface area contributed by atoms with Gasteiger partial charge in [-0.25, -0.2) is 9.98 Å². The van der Waals surface area contributed by atoms with Gasteiger partial charge in [-0.3, -0.25) is 0 Å². The van der Waals surface area contributed by atoms with Gasteiger partial charge in [-0.05, 0) is 36.4 Å². The van der Waals surface area contributed by atoms with Crippen molar-refractivity contribution in [2.75, 3.05) is 5.32 Å². The molecule has 6 nitrogen and oxygen atoms in total. The van der Waals surface area contributed by atoms with E-state index < -0.39 is 0 Å². The molecule has 0 saturated carbocycles. The van der Waals surface area contributed by atoms with Gasteiger partial charge in [-0.1, -0.05) is 24.3 Å². The van der Waals surface area contributed by atoms with Crippen molar-refractivity contribution in [3.8, 4) is 22.3 Å². The van der Waals surface area contributed by atoms with Crippen LogP contribution in [0.15, 0.2) is 87.8 Å². The highest BCUT2D eigenvalue weighted by molar-refractivity contribution is 14.0. The molecule has 0 saturated heterocycles. The summed E-state index contributed by atoms with van der Waals surface area (Å²) in [6.45, 7) is 0.385. The zero-order valence-corrected chi connectivity index (χ0v) is 18.5. The van der Waals surface area contributed by atoms with Gasteiger partial charge < -0.3 is 20.2 Å². The van der Waals surface area contributed by atoms with Gasteiger partial charge in [-0.2, -0.15) is 0 Å². The van der Waals surface area contributed by atoms with Crippen molar-refractivity contribution < 1.29 is 9.15 Å². The number of nitrogens with one attached hydrogen (secondary N) is 1. The predicted molar refractivity (Wildman–Crippen MR) is 127 cm³/mol. The monoisotopic (exact) mass is 518 g/mol. The second-order valence-electron chi connectivity index (χ2n) is 5.89. The van der Waals surface area contributed by atoms with E-state index in [9.17, 15) is 0 Å². The molecule has 2 aromatic carbocycles. The van der Waals surface area contributed by atoms with Gasteiger partial charge in [0.1, 0.15) is 11.5 Å². The first-order valence-electron chi connectivity index (χ1n) is 8.64. The van der Waals surface area contributed by atoms with Crippen LogP contribution in [0.5, 0.6) is 11.5 Å². The molecule has 29 heavy (non-hydrogen) atoms. The largest absolute Gasteiger partial charge is 0.462 e. The highest BCUT2D eigenvalue weighted by Gasteiger charge is 2.07. The Morgan fingerprint density at radius 1 is 1.07 bits per heavy atom. The third kappa shape index (κ3) is 5.81. The quantitative estimate of drug-likeness (QED) is 0.193. The smallest absolute Gasteiger partial charge is 0.193 e. The van der Waals surface area contributed by atoms with E-state index >= 15 is 0 Å². The lowest BCUT2D eigenvalue weighted by Crippen LogP contribution is -2.22. The summed E-state index contributed by atoms with van der Waals surface area (Å²) in [5.74, 6) is 2.55. The molecular formula is C21H19IN4O2S. The van der Waals surface area contributed by atoms with E-state index in [-0.39, 0.29) is 24.0 Å². The van der Waals surface area contributed by atoms with E-state index in [2.05, 4.69) is 15.3 Å². The summed E-state index contributed by atoms with van der Waals surface area (Å²) in [6.07, 6.45) is 1.63. The Hall–Kier alpha value is -2.85. The zero-order chi connectivity index (χ0) is 19.2. The molecule has 8 heteroatoms. The lowest BCUT2D eigenvalue weighted by atomic mass is 10.3. The maximum Gasteiger partial charge on any atom is 0.193 e. The number of nitrogens with zero attached hydrogens (tertiary/aromatic N) is 2. The molecule has 4 aromatic rings. The van der Waals surface area contributed by atoms with Crippen LogP contribution in [0.3, 0.4) is 0 Å². The summed E-state index contributed by atoms with van der Waals surface area (Å²) in [7, 11) is 0. The fraction of sp³-hybridized carbons (Fsp3) is 0.0476. The number of ether oxygens (including phenoxy) is 1. The molecule has 4 rings (SSSR count). The van der Waals surface area contributed by atoms with E-state index in [4.69, 9.17) is 14.9 Å². The first-order valence-corrected chi connectivity index (χ1v) is 9.52. The molecule has 0 aliphatic rings. The molecule has 0 amide bonds. The third-order valence-electron chi connectivity index (χ3n) is 3.78. The Kier molecular flexibility index (Phi) is 7.25. The number of thiazole rings is 1. The van der Waals surface area contributed by atoms with Crippen LogP contribution in [0, 0.1) is 0 Å². The van der Waals surface area contributed by atoms with Gasteiger partial charge in [0.15, 0.2) is 16.7 Å². The summed E-state index contributed by atoms with van der Waals surface area (Å²) in [5.41, 5.74) is 7.64. The van der Waals surface area contributed by atoms with Crippen molar-refractivity contribution in [3.05, 3.63) is 84.1 Å². The van der Waals surface area contributed by atoms with E-state index in [1.54, 1.807) is 6.26 Å². The fourth-order valence-corrected chi connectivity index (χ4v) is 3.29. The average molecular weight is 518 g/mol. The maximum atomic E-state index is 6.01. The standard InChI is InChI=1S/C21H18N4O2S.HI/c22-21(23-13-16-14-28-20(24-16)19-10-5-11-26-19)25-15-6-4-9-18(12-15)27-17-7-2-1-3-8-17;/h1-12,14H,13H2,(H3,22,23,25);1H. The number of furan rings is 1. The Morgan fingerprint density at radius 2 is 1.90 bits per heavy atom. The first-order chi connectivity index (χ1) is 13.8. The summed E-state index contributed by atoms with van der Waals surface area (Å²) in [4.78, 5) is 8.86. The molecule has 0 fully saturated rings. The molecule has 0 unspecified atom stereocenters. The van der Waals surface area contributed by atoms with Crippen LogP contribution in [0.4, 0.5) is 5.69 Å². The lowest BCUT2D eigenvalue weighted by Gasteiger charge is -2.09. The Balaban J connectivity index is 0.00000240. The van der Waals surface area contributed by atoms with Crippen LogP contribution in [0.1, 0.15) is 5.69 Å². The van der Waals surface area contributed by atoms with Gasteiger partial charge in [0.2, 0.25) is 0 Å². The number of hydrogen-bond acceptors (Lipinski definition) is 5. The minimum Gasteiger partial charge on any atom is -0.462 e. The molecule has 0 bridgehead atoms. The Labute approximate surface area is 189 Å². The van der Waals surface area contributed by atoms with Gasteiger partial charge in [0.25, 0.3) is 0 Å². The van der Waals surface area contributed by atoms with E-state index in [0.717, 1.165) is 27.9 Å². The molecule has 2 heterocycles. The lowest BCUT2D eigenvalue weighted by molar-refractivity contribution is 0.483. The fourth-order valence-electron chi connectivity index (χ4n) is 2.51. The SMILES string of the molecule is I.NC(=NCc1csc(-c2ccco2)n1)Nc1cccc(Oc2ccccc2)c1.